The van der Waals surface area contributed by atoms with E-state index in [1.807, 2.05) is 0 Å². The monoisotopic (exact) mass is 285 g/mol. The van der Waals surface area contributed by atoms with E-state index >= 15 is 0 Å². The van der Waals surface area contributed by atoms with Gasteiger partial charge in [-0.1, -0.05) is 16.1 Å². The summed E-state index contributed by atoms with van der Waals surface area (Å²) in [6.45, 7) is 1.03. The van der Waals surface area contributed by atoms with E-state index in [4.69, 9.17) is 11.6 Å². The summed E-state index contributed by atoms with van der Waals surface area (Å²) in [4.78, 5) is 1.74. The summed E-state index contributed by atoms with van der Waals surface area (Å²) >= 11 is 6.88. The Balaban J connectivity index is 1.96. The summed E-state index contributed by atoms with van der Waals surface area (Å²) in [5.74, 6) is -1.23. The summed E-state index contributed by atoms with van der Waals surface area (Å²) in [5, 5.41) is 3.81. The maximum atomic E-state index is 12.6. The number of nitrogens with zero attached hydrogens (tertiary/aromatic N) is 3. The third kappa shape index (κ3) is 3.29. The van der Waals surface area contributed by atoms with Crippen LogP contribution in [-0.2, 0) is 6.54 Å². The van der Waals surface area contributed by atoms with Crippen LogP contribution in [0, 0.1) is 5.92 Å². The van der Waals surface area contributed by atoms with Gasteiger partial charge >= 0.3 is 6.18 Å². The molecule has 8 heteroatoms. The minimum Gasteiger partial charge on any atom is -0.297 e. The molecule has 1 aliphatic heterocycles. The average Bonchev–Trinajstić information content (AvgIpc) is 2.64. The van der Waals surface area contributed by atoms with Crippen LogP contribution in [-0.4, -0.2) is 33.8 Å². The molecule has 2 rings (SSSR count). The topological polar surface area (TPSA) is 29.0 Å². The van der Waals surface area contributed by atoms with E-state index in [-0.39, 0.29) is 13.0 Å². The van der Waals surface area contributed by atoms with Crippen molar-refractivity contribution in [1.29, 1.82) is 0 Å². The van der Waals surface area contributed by atoms with Crippen molar-refractivity contribution in [2.24, 2.45) is 5.92 Å². The van der Waals surface area contributed by atoms with E-state index in [1.165, 1.54) is 0 Å². The Bertz CT molecular complexity index is 382. The van der Waals surface area contributed by atoms with Crippen LogP contribution in [0.15, 0.2) is 0 Å². The first kappa shape index (κ1) is 13.0. The van der Waals surface area contributed by atoms with E-state index < -0.39 is 12.1 Å². The molecule has 1 aromatic heterocycles. The zero-order chi connectivity index (χ0) is 12.5. The summed E-state index contributed by atoms with van der Waals surface area (Å²) in [6.07, 6.45) is -3.34. The third-order valence-electron chi connectivity index (χ3n) is 2.85. The van der Waals surface area contributed by atoms with Gasteiger partial charge in [-0.05, 0) is 19.4 Å². The zero-order valence-electron chi connectivity index (χ0n) is 8.87. The molecule has 17 heavy (non-hydrogen) atoms. The van der Waals surface area contributed by atoms with Gasteiger partial charge in [0.1, 0.15) is 10.0 Å². The summed E-state index contributed by atoms with van der Waals surface area (Å²) in [5.41, 5.74) is 0.569. The Labute approximate surface area is 106 Å². The SMILES string of the molecule is FC(F)(F)[C@@H]1CCCN(Cc2nnsc2Cl)C1. The van der Waals surface area contributed by atoms with Gasteiger partial charge in [0.15, 0.2) is 0 Å². The van der Waals surface area contributed by atoms with Gasteiger partial charge in [0.25, 0.3) is 0 Å². The van der Waals surface area contributed by atoms with Gasteiger partial charge in [0.2, 0.25) is 0 Å². The predicted octanol–water partition coefficient (Wildman–Crippen LogP) is 2.97. The smallest absolute Gasteiger partial charge is 0.297 e. The van der Waals surface area contributed by atoms with E-state index in [9.17, 15) is 13.2 Å². The highest BCUT2D eigenvalue weighted by Crippen LogP contribution is 2.33. The molecule has 96 valence electrons. The molecule has 0 unspecified atom stereocenters. The lowest BCUT2D eigenvalue weighted by Gasteiger charge is -2.33. The molecule has 0 bridgehead atoms. The quantitative estimate of drug-likeness (QED) is 0.836. The largest absolute Gasteiger partial charge is 0.393 e. The van der Waals surface area contributed by atoms with E-state index in [0.717, 1.165) is 11.5 Å². The highest BCUT2D eigenvalue weighted by Gasteiger charge is 2.41. The van der Waals surface area contributed by atoms with Gasteiger partial charge < -0.3 is 0 Å². The van der Waals surface area contributed by atoms with Gasteiger partial charge in [-0.15, -0.1) is 5.10 Å². The molecule has 1 aromatic rings. The van der Waals surface area contributed by atoms with Crippen LogP contribution < -0.4 is 0 Å². The number of likely N-dealkylation sites (tertiary alicyclic amines) is 1. The predicted molar refractivity (Wildman–Crippen MR) is 59.0 cm³/mol. The minimum atomic E-state index is -4.11. The second kappa shape index (κ2) is 5.07. The van der Waals surface area contributed by atoms with Crippen molar-refractivity contribution in [3.8, 4) is 0 Å². The van der Waals surface area contributed by atoms with Gasteiger partial charge in [-0.2, -0.15) is 13.2 Å². The molecule has 3 nitrogen and oxygen atoms in total. The van der Waals surface area contributed by atoms with Gasteiger partial charge in [0, 0.05) is 24.6 Å². The molecule has 0 amide bonds. The van der Waals surface area contributed by atoms with Crippen LogP contribution in [0.5, 0.6) is 0 Å². The normalized spacial score (nSPS) is 22.9. The number of hydrogen-bond donors (Lipinski definition) is 0. The molecular weight excluding hydrogens is 275 g/mol. The van der Waals surface area contributed by atoms with E-state index in [1.54, 1.807) is 4.90 Å². The van der Waals surface area contributed by atoms with Crippen LogP contribution in [0.2, 0.25) is 4.34 Å². The van der Waals surface area contributed by atoms with Crippen LogP contribution in [0.25, 0.3) is 0 Å². The van der Waals surface area contributed by atoms with Crippen LogP contribution >= 0.6 is 23.1 Å². The molecule has 0 spiro atoms. The van der Waals surface area contributed by atoms with Crippen molar-refractivity contribution in [1.82, 2.24) is 14.5 Å². The number of hydrogen-bond acceptors (Lipinski definition) is 4. The Morgan fingerprint density at radius 3 is 2.82 bits per heavy atom. The summed E-state index contributed by atoms with van der Waals surface area (Å²) in [6, 6.07) is 0. The Morgan fingerprint density at radius 1 is 1.47 bits per heavy atom. The molecular formula is C9H11ClF3N3S. The number of halogens is 4. The van der Waals surface area contributed by atoms with Gasteiger partial charge in [0.05, 0.1) is 5.92 Å². The van der Waals surface area contributed by atoms with Crippen molar-refractivity contribution < 1.29 is 13.2 Å². The van der Waals surface area contributed by atoms with Gasteiger partial charge in [-0.25, -0.2) is 0 Å². The molecule has 0 N–H and O–H groups in total. The molecule has 1 saturated heterocycles. The average molecular weight is 286 g/mol. The number of alkyl halides is 3. The lowest BCUT2D eigenvalue weighted by atomic mass is 9.97. The molecule has 1 aliphatic rings. The highest BCUT2D eigenvalue weighted by molar-refractivity contribution is 7.10. The molecule has 2 heterocycles. The lowest BCUT2D eigenvalue weighted by Crippen LogP contribution is -2.41. The first-order valence-corrected chi connectivity index (χ1v) is 6.38. The standard InChI is InChI=1S/C9H11ClF3N3S/c10-8-7(14-15-17-8)5-16-3-1-2-6(4-16)9(11,12)13/h6H,1-5H2/t6-/m1/s1. The second-order valence-electron chi connectivity index (χ2n) is 4.11. The maximum absolute atomic E-state index is 12.6. The molecule has 0 radical (unpaired) electrons. The van der Waals surface area contributed by atoms with Crippen molar-refractivity contribution in [3.63, 3.8) is 0 Å². The number of rotatable bonds is 2. The fraction of sp³-hybridized carbons (Fsp3) is 0.778. The van der Waals surface area contributed by atoms with Crippen molar-refractivity contribution in [2.75, 3.05) is 13.1 Å². The van der Waals surface area contributed by atoms with Gasteiger partial charge in [-0.3, -0.25) is 4.90 Å². The van der Waals surface area contributed by atoms with Crippen LogP contribution in [0.1, 0.15) is 18.5 Å². The number of piperidine rings is 1. The van der Waals surface area contributed by atoms with Crippen molar-refractivity contribution in [3.05, 3.63) is 10.0 Å². The molecule has 1 fully saturated rings. The zero-order valence-corrected chi connectivity index (χ0v) is 10.4. The van der Waals surface area contributed by atoms with Crippen LogP contribution in [0.4, 0.5) is 13.2 Å². The fourth-order valence-electron chi connectivity index (χ4n) is 1.97. The summed E-state index contributed by atoms with van der Waals surface area (Å²) in [7, 11) is 0. The second-order valence-corrected chi connectivity index (χ2v) is 5.47. The Morgan fingerprint density at radius 2 is 2.24 bits per heavy atom. The number of aromatic nitrogens is 2. The lowest BCUT2D eigenvalue weighted by molar-refractivity contribution is -0.187. The first-order valence-electron chi connectivity index (χ1n) is 5.22. The molecule has 1 atom stereocenters. The minimum absolute atomic E-state index is 0.0252. The molecule has 0 aliphatic carbocycles. The Hall–Kier alpha value is -0.400. The van der Waals surface area contributed by atoms with Crippen molar-refractivity contribution >= 4 is 23.1 Å². The third-order valence-corrected chi connectivity index (χ3v) is 3.84. The summed E-state index contributed by atoms with van der Waals surface area (Å²) < 4.78 is 41.9. The Kier molecular flexibility index (Phi) is 3.89. The first-order chi connectivity index (χ1) is 7.97. The highest BCUT2D eigenvalue weighted by atomic mass is 35.5. The fourth-order valence-corrected chi connectivity index (χ4v) is 2.58. The van der Waals surface area contributed by atoms with E-state index in [0.29, 0.717) is 29.5 Å². The van der Waals surface area contributed by atoms with Crippen LogP contribution in [0.3, 0.4) is 0 Å². The van der Waals surface area contributed by atoms with Crippen molar-refractivity contribution in [2.45, 2.75) is 25.6 Å². The molecule has 0 saturated carbocycles. The van der Waals surface area contributed by atoms with E-state index in [2.05, 4.69) is 9.59 Å². The maximum Gasteiger partial charge on any atom is 0.393 e. The molecule has 0 aromatic carbocycles.